The van der Waals surface area contributed by atoms with Crippen molar-refractivity contribution in [2.45, 2.75) is 20.5 Å². The Bertz CT molecular complexity index is 1290. The van der Waals surface area contributed by atoms with Crippen LogP contribution in [-0.4, -0.2) is 46.2 Å². The van der Waals surface area contributed by atoms with Crippen LogP contribution in [-0.2, 0) is 20.9 Å². The summed E-state index contributed by atoms with van der Waals surface area (Å²) in [6.45, 7) is 4.65. The third-order valence-electron chi connectivity index (χ3n) is 5.66. The fraction of sp³-hybridized carbons (Fsp3) is 0.233. The topological polar surface area (TPSA) is 76.5 Å². The molecule has 3 aromatic carbocycles. The maximum Gasteiger partial charge on any atom is 0.249 e. The molecule has 0 unspecified atom stereocenters. The van der Waals surface area contributed by atoms with Crippen LogP contribution in [0, 0.1) is 5.92 Å². The lowest BCUT2D eigenvalue weighted by Crippen LogP contribution is -2.42. The molecule has 190 valence electrons. The highest BCUT2D eigenvalue weighted by Gasteiger charge is 2.20. The van der Waals surface area contributed by atoms with E-state index in [9.17, 15) is 9.59 Å². The molecule has 1 N–H and O–H groups in total. The smallest absolute Gasteiger partial charge is 0.249 e. The Hall–Kier alpha value is -4.23. The van der Waals surface area contributed by atoms with E-state index in [4.69, 9.17) is 9.84 Å². The number of aromatic nitrogens is 2. The molecule has 4 rings (SSSR count). The molecule has 0 fully saturated rings. The number of amides is 2. The second kappa shape index (κ2) is 12.6. The van der Waals surface area contributed by atoms with Crippen LogP contribution in [0.15, 0.2) is 97.1 Å². The Kier molecular flexibility index (Phi) is 8.84. The molecule has 0 aliphatic heterocycles. The van der Waals surface area contributed by atoms with E-state index < -0.39 is 0 Å². The Labute approximate surface area is 217 Å². The molecule has 0 saturated carbocycles. The summed E-state index contributed by atoms with van der Waals surface area (Å²) in [4.78, 5) is 27.6. The predicted molar refractivity (Wildman–Crippen MR) is 145 cm³/mol. The summed E-state index contributed by atoms with van der Waals surface area (Å²) in [5.74, 6) is 0.216. The van der Waals surface area contributed by atoms with Gasteiger partial charge in [-0.15, -0.1) is 0 Å². The summed E-state index contributed by atoms with van der Waals surface area (Å²) < 4.78 is 7.34. The van der Waals surface area contributed by atoms with Crippen LogP contribution in [0.25, 0.3) is 16.9 Å². The molecule has 0 radical (unpaired) electrons. The SMILES string of the molecule is CC(C)CN(CC(=O)Nc1cc(-c2ccccc2)nn1-c1ccccc1)C(=O)COCc1ccccc1. The Morgan fingerprint density at radius 1 is 0.919 bits per heavy atom. The predicted octanol–water partition coefficient (Wildman–Crippen LogP) is 5.18. The van der Waals surface area contributed by atoms with Crippen LogP contribution in [0.1, 0.15) is 19.4 Å². The van der Waals surface area contributed by atoms with Crippen LogP contribution in [0.3, 0.4) is 0 Å². The van der Waals surface area contributed by atoms with Crippen LogP contribution < -0.4 is 5.32 Å². The van der Waals surface area contributed by atoms with Gasteiger partial charge in [0.1, 0.15) is 12.4 Å². The average Bonchev–Trinajstić information content (AvgIpc) is 3.33. The van der Waals surface area contributed by atoms with Gasteiger partial charge in [0.15, 0.2) is 0 Å². The number of hydrogen-bond acceptors (Lipinski definition) is 4. The Balaban J connectivity index is 1.47. The maximum atomic E-state index is 13.1. The van der Waals surface area contributed by atoms with E-state index in [-0.39, 0.29) is 30.9 Å². The van der Waals surface area contributed by atoms with Crippen molar-refractivity contribution in [3.05, 3.63) is 103 Å². The summed E-state index contributed by atoms with van der Waals surface area (Å²) >= 11 is 0. The van der Waals surface area contributed by atoms with Gasteiger partial charge in [0.2, 0.25) is 11.8 Å². The summed E-state index contributed by atoms with van der Waals surface area (Å²) in [7, 11) is 0. The zero-order valence-corrected chi connectivity index (χ0v) is 21.2. The number of carbonyl (C=O) groups is 2. The van der Waals surface area contributed by atoms with E-state index in [0.717, 1.165) is 22.5 Å². The summed E-state index contributed by atoms with van der Waals surface area (Å²) in [6, 6.07) is 31.0. The van der Waals surface area contributed by atoms with Crippen LogP contribution in [0.2, 0.25) is 0 Å². The van der Waals surface area contributed by atoms with E-state index in [2.05, 4.69) is 5.32 Å². The zero-order chi connectivity index (χ0) is 26.0. The minimum absolute atomic E-state index is 0.0770. The molecule has 1 heterocycles. The molecule has 0 aliphatic carbocycles. The number of rotatable bonds is 11. The second-order valence-corrected chi connectivity index (χ2v) is 9.22. The minimum atomic E-state index is -0.297. The summed E-state index contributed by atoms with van der Waals surface area (Å²) in [6.07, 6.45) is 0. The van der Waals surface area contributed by atoms with Gasteiger partial charge in [-0.2, -0.15) is 5.10 Å². The van der Waals surface area contributed by atoms with Crippen molar-refractivity contribution in [1.82, 2.24) is 14.7 Å². The Morgan fingerprint density at radius 3 is 2.19 bits per heavy atom. The standard InChI is InChI=1S/C30H32N4O3/c1-23(2)19-33(30(36)22-37-21-24-12-6-3-7-13-24)20-29(35)31-28-18-27(25-14-8-4-9-15-25)32-34(28)26-16-10-5-11-17-26/h3-18,23H,19-22H2,1-2H3,(H,31,35). The highest BCUT2D eigenvalue weighted by atomic mass is 16.5. The number of hydrogen-bond donors (Lipinski definition) is 1. The van der Waals surface area contributed by atoms with Gasteiger partial charge in [-0.05, 0) is 23.6 Å². The first kappa shape index (κ1) is 25.9. The fourth-order valence-electron chi connectivity index (χ4n) is 3.96. The van der Waals surface area contributed by atoms with Gasteiger partial charge < -0.3 is 15.0 Å². The van der Waals surface area contributed by atoms with Gasteiger partial charge >= 0.3 is 0 Å². The molecule has 7 heteroatoms. The third kappa shape index (κ3) is 7.38. The lowest BCUT2D eigenvalue weighted by Gasteiger charge is -2.24. The van der Waals surface area contributed by atoms with Gasteiger partial charge in [0.25, 0.3) is 0 Å². The summed E-state index contributed by atoms with van der Waals surface area (Å²) in [5.41, 5.74) is 3.50. The molecule has 1 aromatic heterocycles. The number of para-hydroxylation sites is 1. The molecular formula is C30H32N4O3. The normalized spacial score (nSPS) is 10.9. The number of nitrogens with one attached hydrogen (secondary N) is 1. The van der Waals surface area contributed by atoms with Crippen molar-refractivity contribution in [2.75, 3.05) is 25.0 Å². The van der Waals surface area contributed by atoms with Crippen LogP contribution in [0.4, 0.5) is 5.82 Å². The van der Waals surface area contributed by atoms with Gasteiger partial charge in [0.05, 0.1) is 24.5 Å². The van der Waals surface area contributed by atoms with Gasteiger partial charge in [-0.25, -0.2) is 4.68 Å². The van der Waals surface area contributed by atoms with Gasteiger partial charge in [-0.1, -0.05) is 92.7 Å². The van der Waals surface area contributed by atoms with Crippen molar-refractivity contribution in [2.24, 2.45) is 5.92 Å². The zero-order valence-electron chi connectivity index (χ0n) is 21.2. The summed E-state index contributed by atoms with van der Waals surface area (Å²) in [5, 5.41) is 7.70. The molecule has 0 atom stereocenters. The van der Waals surface area contributed by atoms with Crippen molar-refractivity contribution in [3.8, 4) is 16.9 Å². The molecular weight excluding hydrogens is 464 g/mol. The van der Waals surface area contributed by atoms with Crippen LogP contribution in [0.5, 0.6) is 0 Å². The molecule has 0 aliphatic rings. The highest BCUT2D eigenvalue weighted by molar-refractivity contribution is 5.94. The van der Waals surface area contributed by atoms with Crippen molar-refractivity contribution < 1.29 is 14.3 Å². The minimum Gasteiger partial charge on any atom is -0.367 e. The van der Waals surface area contributed by atoms with Crippen LogP contribution >= 0.6 is 0 Å². The third-order valence-corrected chi connectivity index (χ3v) is 5.66. The first-order valence-electron chi connectivity index (χ1n) is 12.4. The molecule has 0 bridgehead atoms. The van der Waals surface area contributed by atoms with E-state index in [1.165, 1.54) is 0 Å². The maximum absolute atomic E-state index is 13.1. The quantitative estimate of drug-likeness (QED) is 0.310. The lowest BCUT2D eigenvalue weighted by molar-refractivity contribution is -0.139. The highest BCUT2D eigenvalue weighted by Crippen LogP contribution is 2.24. The van der Waals surface area contributed by atoms with E-state index >= 15 is 0 Å². The largest absolute Gasteiger partial charge is 0.367 e. The van der Waals surface area contributed by atoms with E-state index in [1.54, 1.807) is 9.58 Å². The second-order valence-electron chi connectivity index (χ2n) is 9.22. The van der Waals surface area contributed by atoms with Gasteiger partial charge in [0, 0.05) is 18.2 Å². The van der Waals surface area contributed by atoms with Gasteiger partial charge in [-0.3, -0.25) is 9.59 Å². The molecule has 0 spiro atoms. The number of ether oxygens (including phenoxy) is 1. The first-order chi connectivity index (χ1) is 18.0. The van der Waals surface area contributed by atoms with Crippen molar-refractivity contribution in [1.29, 1.82) is 0 Å². The number of nitrogens with zero attached hydrogens (tertiary/aromatic N) is 3. The number of benzene rings is 3. The molecule has 7 nitrogen and oxygen atoms in total. The molecule has 2 amide bonds. The molecule has 4 aromatic rings. The van der Waals surface area contributed by atoms with E-state index in [0.29, 0.717) is 19.0 Å². The Morgan fingerprint density at radius 2 is 1.54 bits per heavy atom. The monoisotopic (exact) mass is 496 g/mol. The first-order valence-corrected chi connectivity index (χ1v) is 12.4. The van der Waals surface area contributed by atoms with Crippen molar-refractivity contribution >= 4 is 17.6 Å². The average molecular weight is 497 g/mol. The fourth-order valence-corrected chi connectivity index (χ4v) is 3.96. The number of anilines is 1. The van der Waals surface area contributed by atoms with E-state index in [1.807, 2.05) is 111 Å². The molecule has 37 heavy (non-hydrogen) atoms. The molecule has 0 saturated heterocycles. The van der Waals surface area contributed by atoms with Crippen molar-refractivity contribution in [3.63, 3.8) is 0 Å². The number of carbonyl (C=O) groups excluding carboxylic acids is 2. The lowest BCUT2D eigenvalue weighted by atomic mass is 10.1.